The zero-order valence-corrected chi connectivity index (χ0v) is 16.6. The summed E-state index contributed by atoms with van der Waals surface area (Å²) in [7, 11) is 1.53. The quantitative estimate of drug-likeness (QED) is 0.837. The van der Waals surface area contributed by atoms with E-state index < -0.39 is 6.04 Å². The van der Waals surface area contributed by atoms with Gasteiger partial charge in [-0.25, -0.2) is 0 Å². The molecule has 1 fully saturated rings. The molecule has 0 saturated carbocycles. The molecule has 1 N–H and O–H groups in total. The van der Waals surface area contributed by atoms with Gasteiger partial charge in [0.15, 0.2) is 0 Å². The first kappa shape index (κ1) is 19.9. The molecule has 2 aromatic rings. The molecule has 1 aliphatic heterocycles. The molecule has 0 bridgehead atoms. The Labute approximate surface area is 166 Å². The summed E-state index contributed by atoms with van der Waals surface area (Å²) in [4.78, 5) is 27.1. The number of ether oxygens (including phenoxy) is 1. The molecule has 0 aromatic heterocycles. The number of nitrogens with one attached hydrogen (secondary N) is 1. The number of nitrogens with zero attached hydrogens (tertiary/aromatic N) is 1. The molecule has 1 atom stereocenters. The largest absolute Gasteiger partial charge is 0.496 e. The summed E-state index contributed by atoms with van der Waals surface area (Å²) in [6, 6.07) is 16.9. The maximum atomic E-state index is 12.8. The lowest BCUT2D eigenvalue weighted by molar-refractivity contribution is -0.134. The Morgan fingerprint density at radius 2 is 1.71 bits per heavy atom. The van der Waals surface area contributed by atoms with Crippen LogP contribution in [0.1, 0.15) is 35.7 Å². The van der Waals surface area contributed by atoms with Crippen LogP contribution in [0.2, 0.25) is 0 Å². The maximum Gasteiger partial charge on any atom is 0.255 e. The van der Waals surface area contributed by atoms with Gasteiger partial charge >= 0.3 is 0 Å². The number of piperidine rings is 1. The van der Waals surface area contributed by atoms with Crippen molar-refractivity contribution < 1.29 is 14.3 Å². The number of carbonyl (C=O) groups excluding carboxylic acids is 2. The molecule has 148 valence electrons. The fourth-order valence-corrected chi connectivity index (χ4v) is 3.75. The van der Waals surface area contributed by atoms with Gasteiger partial charge < -0.3 is 15.0 Å². The fourth-order valence-electron chi connectivity index (χ4n) is 3.75. The fraction of sp³-hybridized carbons (Fsp3) is 0.391. The monoisotopic (exact) mass is 380 g/mol. The Hall–Kier alpha value is -2.82. The van der Waals surface area contributed by atoms with E-state index in [2.05, 4.69) is 29.6 Å². The molecule has 2 amide bonds. The molecule has 0 aliphatic carbocycles. The Bertz CT molecular complexity index is 799. The number of likely N-dealkylation sites (tertiary alicyclic amines) is 1. The van der Waals surface area contributed by atoms with Gasteiger partial charge in [-0.2, -0.15) is 0 Å². The van der Waals surface area contributed by atoms with Crippen molar-refractivity contribution in [3.05, 3.63) is 65.7 Å². The Kier molecular flexibility index (Phi) is 6.69. The van der Waals surface area contributed by atoms with E-state index in [1.165, 1.54) is 12.7 Å². The molecule has 28 heavy (non-hydrogen) atoms. The van der Waals surface area contributed by atoms with Crippen molar-refractivity contribution in [3.8, 4) is 5.75 Å². The summed E-state index contributed by atoms with van der Waals surface area (Å²) in [6.07, 6.45) is 3.05. The molecule has 2 aromatic carbocycles. The third-order valence-electron chi connectivity index (χ3n) is 5.36. The van der Waals surface area contributed by atoms with Crippen LogP contribution in [0.15, 0.2) is 54.6 Å². The van der Waals surface area contributed by atoms with Crippen molar-refractivity contribution in [3.63, 3.8) is 0 Å². The van der Waals surface area contributed by atoms with Gasteiger partial charge in [-0.3, -0.25) is 9.59 Å². The van der Waals surface area contributed by atoms with E-state index >= 15 is 0 Å². The van der Waals surface area contributed by atoms with Gasteiger partial charge in [0.05, 0.1) is 12.7 Å². The molecule has 1 heterocycles. The van der Waals surface area contributed by atoms with Gasteiger partial charge in [-0.05, 0) is 49.8 Å². The maximum absolute atomic E-state index is 12.8. The van der Waals surface area contributed by atoms with Crippen LogP contribution in [-0.4, -0.2) is 43.0 Å². The van der Waals surface area contributed by atoms with Crippen molar-refractivity contribution in [2.75, 3.05) is 20.2 Å². The molecule has 0 radical (unpaired) electrons. The standard InChI is InChI=1S/C23H28N2O3/c1-17(24-22(26)20-10-6-7-11-21(20)28-2)23(27)25-14-12-19(13-15-25)16-18-8-4-3-5-9-18/h3-11,17,19H,12-16H2,1-2H3,(H,24,26)/t17-/m0/s1. The Morgan fingerprint density at radius 1 is 1.07 bits per heavy atom. The predicted molar refractivity (Wildman–Crippen MR) is 109 cm³/mol. The highest BCUT2D eigenvalue weighted by Gasteiger charge is 2.27. The minimum Gasteiger partial charge on any atom is -0.496 e. The number of hydrogen-bond acceptors (Lipinski definition) is 3. The molecule has 5 heteroatoms. The van der Waals surface area contributed by atoms with E-state index in [0.29, 0.717) is 17.2 Å². The Balaban J connectivity index is 1.51. The van der Waals surface area contributed by atoms with Crippen molar-refractivity contribution in [2.24, 2.45) is 5.92 Å². The predicted octanol–water partition coefficient (Wildman–Crippen LogP) is 3.29. The van der Waals surface area contributed by atoms with Crippen molar-refractivity contribution in [2.45, 2.75) is 32.2 Å². The van der Waals surface area contributed by atoms with Crippen LogP contribution >= 0.6 is 0 Å². The first-order chi connectivity index (χ1) is 13.6. The van der Waals surface area contributed by atoms with Gasteiger partial charge in [-0.1, -0.05) is 42.5 Å². The first-order valence-electron chi connectivity index (χ1n) is 9.85. The van der Waals surface area contributed by atoms with Gasteiger partial charge in [0.25, 0.3) is 5.91 Å². The summed E-state index contributed by atoms with van der Waals surface area (Å²) in [6.45, 7) is 3.22. The number of methoxy groups -OCH3 is 1. The molecule has 5 nitrogen and oxygen atoms in total. The zero-order chi connectivity index (χ0) is 19.9. The van der Waals surface area contributed by atoms with Crippen molar-refractivity contribution in [1.82, 2.24) is 10.2 Å². The number of amides is 2. The van der Waals surface area contributed by atoms with E-state index in [1.54, 1.807) is 25.1 Å². The van der Waals surface area contributed by atoms with Gasteiger partial charge in [-0.15, -0.1) is 0 Å². The normalized spacial score (nSPS) is 15.7. The van der Waals surface area contributed by atoms with Crippen molar-refractivity contribution >= 4 is 11.8 Å². The van der Waals surface area contributed by atoms with E-state index in [9.17, 15) is 9.59 Å². The zero-order valence-electron chi connectivity index (χ0n) is 16.6. The Morgan fingerprint density at radius 3 is 2.39 bits per heavy atom. The van der Waals surface area contributed by atoms with E-state index in [0.717, 1.165) is 32.4 Å². The average molecular weight is 380 g/mol. The average Bonchev–Trinajstić information content (AvgIpc) is 2.74. The van der Waals surface area contributed by atoms with Crippen molar-refractivity contribution in [1.29, 1.82) is 0 Å². The number of hydrogen-bond donors (Lipinski definition) is 1. The SMILES string of the molecule is COc1ccccc1C(=O)N[C@@H](C)C(=O)N1CCC(Cc2ccccc2)CC1. The lowest BCUT2D eigenvalue weighted by atomic mass is 9.90. The highest BCUT2D eigenvalue weighted by atomic mass is 16.5. The van der Waals surface area contributed by atoms with Crippen LogP contribution in [-0.2, 0) is 11.2 Å². The second-order valence-corrected chi connectivity index (χ2v) is 7.35. The molecular formula is C23H28N2O3. The highest BCUT2D eigenvalue weighted by molar-refractivity contribution is 5.99. The number of carbonyl (C=O) groups is 2. The summed E-state index contributed by atoms with van der Waals surface area (Å²) in [5.74, 6) is 0.782. The summed E-state index contributed by atoms with van der Waals surface area (Å²) < 4.78 is 5.23. The van der Waals surface area contributed by atoms with E-state index in [1.807, 2.05) is 17.0 Å². The van der Waals surface area contributed by atoms with Crippen LogP contribution in [0, 0.1) is 5.92 Å². The minimum atomic E-state index is -0.567. The first-order valence-corrected chi connectivity index (χ1v) is 9.85. The molecule has 0 unspecified atom stereocenters. The smallest absolute Gasteiger partial charge is 0.255 e. The van der Waals surface area contributed by atoms with Crippen LogP contribution in [0.5, 0.6) is 5.75 Å². The van der Waals surface area contributed by atoms with Crippen LogP contribution in [0.4, 0.5) is 0 Å². The minimum absolute atomic E-state index is 0.0265. The molecular weight excluding hydrogens is 352 g/mol. The third kappa shape index (κ3) is 4.91. The van der Waals surface area contributed by atoms with Gasteiger partial charge in [0.1, 0.15) is 11.8 Å². The molecule has 0 spiro atoms. The van der Waals surface area contributed by atoms with E-state index in [-0.39, 0.29) is 11.8 Å². The number of rotatable bonds is 6. The lowest BCUT2D eigenvalue weighted by Gasteiger charge is -2.33. The van der Waals surface area contributed by atoms with Crippen LogP contribution < -0.4 is 10.1 Å². The van der Waals surface area contributed by atoms with Crippen LogP contribution in [0.3, 0.4) is 0 Å². The molecule has 1 aliphatic rings. The second-order valence-electron chi connectivity index (χ2n) is 7.35. The summed E-state index contributed by atoms with van der Waals surface area (Å²) in [5, 5.41) is 2.81. The van der Waals surface area contributed by atoms with E-state index in [4.69, 9.17) is 4.74 Å². The number of benzene rings is 2. The summed E-state index contributed by atoms with van der Waals surface area (Å²) in [5.41, 5.74) is 1.79. The summed E-state index contributed by atoms with van der Waals surface area (Å²) >= 11 is 0. The number of para-hydroxylation sites is 1. The molecule has 1 saturated heterocycles. The topological polar surface area (TPSA) is 58.6 Å². The lowest BCUT2D eigenvalue weighted by Crippen LogP contribution is -2.49. The van der Waals surface area contributed by atoms with Crippen LogP contribution in [0.25, 0.3) is 0 Å². The molecule has 3 rings (SSSR count). The van der Waals surface area contributed by atoms with Gasteiger partial charge in [0.2, 0.25) is 5.91 Å². The van der Waals surface area contributed by atoms with Gasteiger partial charge in [0, 0.05) is 13.1 Å². The third-order valence-corrected chi connectivity index (χ3v) is 5.36. The second kappa shape index (κ2) is 9.40. The highest BCUT2D eigenvalue weighted by Crippen LogP contribution is 2.22.